The average Bonchev–Trinajstić information content (AvgIpc) is 3.12. The second kappa shape index (κ2) is 37.3. The number of carbonyl (C=O) groups is 2. The number of allylic oxidation sites excluding steroid dienone is 15. The van der Waals surface area contributed by atoms with Crippen molar-refractivity contribution in [2.45, 2.75) is 148 Å². The summed E-state index contributed by atoms with van der Waals surface area (Å²) in [6.45, 7) is 3.39. The van der Waals surface area contributed by atoms with E-state index >= 15 is 0 Å². The van der Waals surface area contributed by atoms with E-state index in [9.17, 15) is 19.3 Å². The topological polar surface area (TPSA) is 140 Å². The Balaban J connectivity index is 4.28. The lowest BCUT2D eigenvalue weighted by Crippen LogP contribution is -2.29. The second-order valence-electron chi connectivity index (χ2n) is 12.7. The molecule has 9 nitrogen and oxygen atoms in total. The van der Waals surface area contributed by atoms with Gasteiger partial charge in [0.05, 0.1) is 12.7 Å². The molecular formula is C43H69O9P. The third-order valence-corrected chi connectivity index (χ3v) is 8.16. The summed E-state index contributed by atoms with van der Waals surface area (Å²) in [6, 6.07) is 0. The van der Waals surface area contributed by atoms with Gasteiger partial charge in [0, 0.05) is 12.8 Å². The largest absolute Gasteiger partial charge is 0.469 e. The minimum absolute atomic E-state index is 0.0337. The first kappa shape index (κ1) is 49.9. The Morgan fingerprint density at radius 1 is 0.585 bits per heavy atom. The van der Waals surface area contributed by atoms with Crippen LogP contribution in [0.3, 0.4) is 0 Å². The molecule has 2 atom stereocenters. The minimum Gasteiger partial charge on any atom is -0.462 e. The molecule has 53 heavy (non-hydrogen) atoms. The number of hydrogen-bond donors (Lipinski definition) is 3. The summed E-state index contributed by atoms with van der Waals surface area (Å²) in [5.41, 5.74) is 0. The molecule has 0 amide bonds. The third-order valence-electron chi connectivity index (χ3n) is 7.68. The molecule has 10 heteroatoms. The highest BCUT2D eigenvalue weighted by Gasteiger charge is 2.23. The Bertz CT molecular complexity index is 1190. The molecule has 0 rings (SSSR count). The molecule has 3 N–H and O–H groups in total. The summed E-state index contributed by atoms with van der Waals surface area (Å²) in [5.74, 6) is -1.16. The Kier molecular flexibility index (Phi) is 35.1. The first-order valence-electron chi connectivity index (χ1n) is 19.6. The fourth-order valence-corrected chi connectivity index (χ4v) is 5.06. The van der Waals surface area contributed by atoms with Gasteiger partial charge in [-0.1, -0.05) is 137 Å². The number of aliphatic hydroxyl groups is 1. The van der Waals surface area contributed by atoms with Crippen LogP contribution in [0.25, 0.3) is 0 Å². The Hall–Kier alpha value is -3.07. The van der Waals surface area contributed by atoms with Crippen molar-refractivity contribution in [1.29, 1.82) is 0 Å². The number of carbonyl (C=O) groups excluding carboxylic acids is 2. The molecule has 0 aliphatic heterocycles. The van der Waals surface area contributed by atoms with E-state index in [-0.39, 0.29) is 12.8 Å². The molecule has 0 aromatic rings. The Morgan fingerprint density at radius 2 is 1.06 bits per heavy atom. The lowest BCUT2D eigenvalue weighted by Gasteiger charge is -2.18. The zero-order chi connectivity index (χ0) is 39.1. The maximum Gasteiger partial charge on any atom is 0.469 e. The first-order chi connectivity index (χ1) is 25.7. The molecule has 300 valence electrons. The fraction of sp³-hybridized carbons (Fsp3) is 0.581. The fourth-order valence-electron chi connectivity index (χ4n) is 4.70. The predicted octanol–water partition coefficient (Wildman–Crippen LogP) is 10.8. The van der Waals surface area contributed by atoms with E-state index in [0.717, 1.165) is 44.9 Å². The highest BCUT2D eigenvalue weighted by atomic mass is 31.2. The summed E-state index contributed by atoms with van der Waals surface area (Å²) in [6.07, 6.45) is 47.3. The van der Waals surface area contributed by atoms with Gasteiger partial charge in [-0.2, -0.15) is 0 Å². The van der Waals surface area contributed by atoms with E-state index in [1.807, 2.05) is 24.3 Å². The maximum atomic E-state index is 12.4. The summed E-state index contributed by atoms with van der Waals surface area (Å²) >= 11 is 0. The molecule has 0 spiro atoms. The van der Waals surface area contributed by atoms with Gasteiger partial charge in [0.1, 0.15) is 6.61 Å². The SMILES string of the molecule is CCCCC/C=C\C/C=C\C/C=C\C=C\[C@H](O)CCCC(=O)O[C@H](COC(=O)CCC/C=C\C/C=C\C/C=C\C/C=C\CCCCC)COP(=O)(O)O. The van der Waals surface area contributed by atoms with E-state index < -0.39 is 45.2 Å². The number of hydrogen-bond acceptors (Lipinski definition) is 7. The number of aliphatic hydroxyl groups excluding tert-OH is 1. The van der Waals surface area contributed by atoms with Gasteiger partial charge < -0.3 is 24.4 Å². The number of esters is 2. The third kappa shape index (κ3) is 40.0. The first-order valence-corrected chi connectivity index (χ1v) is 21.2. The van der Waals surface area contributed by atoms with Crippen molar-refractivity contribution in [3.63, 3.8) is 0 Å². The number of phosphoric ester groups is 1. The predicted molar refractivity (Wildman–Crippen MR) is 217 cm³/mol. The standard InChI is InChI=1S/C43H69O9P/c1-3-5-7-9-11-13-15-17-18-19-20-22-24-26-28-30-32-36-42(45)50-38-41(39-51-53(47,48)49)52-43(46)37-33-35-40(44)34-31-29-27-25-23-21-16-14-12-10-8-6-4-2/h11-14,17-18,20-23,26-29,31,34,40-41,44H,3-10,15-16,19,24-25,30,32-33,35-39H2,1-2H3,(H2,47,48,49)/b13-11-,14-12-,18-17-,22-20-,23-21-,28-26-,29-27-,34-31+/t40-,41+/m0/s1. The molecule has 0 aliphatic carbocycles. The van der Waals surface area contributed by atoms with Crippen LogP contribution < -0.4 is 0 Å². The molecular weight excluding hydrogens is 691 g/mol. The lowest BCUT2D eigenvalue weighted by molar-refractivity contribution is -0.161. The van der Waals surface area contributed by atoms with Gasteiger partial charge in [-0.25, -0.2) is 4.57 Å². The zero-order valence-corrected chi connectivity index (χ0v) is 33.4. The monoisotopic (exact) mass is 760 g/mol. The van der Waals surface area contributed by atoms with Gasteiger partial charge in [-0.15, -0.1) is 0 Å². The maximum absolute atomic E-state index is 12.4. The molecule has 0 fully saturated rings. The molecule has 0 aromatic heterocycles. The van der Waals surface area contributed by atoms with Crippen LogP contribution in [0.5, 0.6) is 0 Å². The summed E-state index contributed by atoms with van der Waals surface area (Å²) in [7, 11) is -4.83. The van der Waals surface area contributed by atoms with Crippen molar-refractivity contribution in [3.8, 4) is 0 Å². The van der Waals surface area contributed by atoms with Crippen LogP contribution in [-0.4, -0.2) is 52.3 Å². The van der Waals surface area contributed by atoms with Crippen molar-refractivity contribution < 1.29 is 43.0 Å². The van der Waals surface area contributed by atoms with Gasteiger partial charge in [-0.3, -0.25) is 14.1 Å². The molecule has 0 aromatic carbocycles. The van der Waals surface area contributed by atoms with Crippen molar-refractivity contribution >= 4 is 19.8 Å². The number of ether oxygens (including phenoxy) is 2. The van der Waals surface area contributed by atoms with Gasteiger partial charge in [0.2, 0.25) is 0 Å². The van der Waals surface area contributed by atoms with E-state index in [4.69, 9.17) is 19.3 Å². The molecule has 0 heterocycles. The minimum atomic E-state index is -4.83. The van der Waals surface area contributed by atoms with Crippen molar-refractivity contribution in [1.82, 2.24) is 0 Å². The zero-order valence-electron chi connectivity index (χ0n) is 32.5. The van der Waals surface area contributed by atoms with Crippen molar-refractivity contribution in [2.75, 3.05) is 13.2 Å². The molecule has 0 radical (unpaired) electrons. The summed E-state index contributed by atoms with van der Waals surface area (Å²) in [4.78, 5) is 42.8. The highest BCUT2D eigenvalue weighted by Crippen LogP contribution is 2.35. The molecule has 0 aliphatic rings. The van der Waals surface area contributed by atoms with Crippen LogP contribution in [0.4, 0.5) is 0 Å². The molecule has 0 unspecified atom stereocenters. The highest BCUT2D eigenvalue weighted by molar-refractivity contribution is 7.46. The molecule has 0 saturated heterocycles. The van der Waals surface area contributed by atoms with Crippen LogP contribution in [-0.2, 0) is 28.2 Å². The molecule has 0 saturated carbocycles. The van der Waals surface area contributed by atoms with E-state index in [2.05, 4.69) is 79.1 Å². The van der Waals surface area contributed by atoms with Crippen LogP contribution in [0.15, 0.2) is 97.2 Å². The van der Waals surface area contributed by atoms with Crippen LogP contribution >= 0.6 is 7.82 Å². The lowest BCUT2D eigenvalue weighted by atomic mass is 10.1. The summed E-state index contributed by atoms with van der Waals surface area (Å²) < 4.78 is 26.1. The van der Waals surface area contributed by atoms with Gasteiger partial charge in [0.15, 0.2) is 6.10 Å². The quantitative estimate of drug-likeness (QED) is 0.0192. The van der Waals surface area contributed by atoms with Crippen molar-refractivity contribution in [2.24, 2.45) is 0 Å². The summed E-state index contributed by atoms with van der Waals surface area (Å²) in [5, 5.41) is 10.2. The van der Waals surface area contributed by atoms with Gasteiger partial charge in [-0.05, 0) is 83.5 Å². The number of unbranched alkanes of at least 4 members (excludes halogenated alkanes) is 7. The normalized spacial score (nSPS) is 14.1. The smallest absolute Gasteiger partial charge is 0.462 e. The number of phosphoric acid groups is 1. The van der Waals surface area contributed by atoms with E-state index in [0.29, 0.717) is 25.7 Å². The average molecular weight is 761 g/mol. The van der Waals surface area contributed by atoms with Crippen LogP contribution in [0, 0.1) is 0 Å². The van der Waals surface area contributed by atoms with Crippen molar-refractivity contribution in [3.05, 3.63) is 97.2 Å². The van der Waals surface area contributed by atoms with Crippen LogP contribution in [0.2, 0.25) is 0 Å². The van der Waals surface area contributed by atoms with E-state index in [1.54, 1.807) is 12.2 Å². The molecule has 0 bridgehead atoms. The Labute approximate surface area is 320 Å². The van der Waals surface area contributed by atoms with Crippen LogP contribution in [0.1, 0.15) is 136 Å². The van der Waals surface area contributed by atoms with Gasteiger partial charge in [0.25, 0.3) is 0 Å². The Morgan fingerprint density at radius 3 is 1.57 bits per heavy atom. The van der Waals surface area contributed by atoms with Gasteiger partial charge >= 0.3 is 19.8 Å². The second-order valence-corrected chi connectivity index (χ2v) is 14.0. The van der Waals surface area contributed by atoms with E-state index in [1.165, 1.54) is 38.5 Å². The number of rotatable bonds is 34.